The van der Waals surface area contributed by atoms with Gasteiger partial charge in [-0.25, -0.2) is 0 Å². The molecule has 0 amide bonds. The molecule has 2 nitrogen and oxygen atoms in total. The lowest BCUT2D eigenvalue weighted by Crippen LogP contribution is -2.29. The minimum absolute atomic E-state index is 0.181. The number of rotatable bonds is 1. The zero-order chi connectivity index (χ0) is 8.43. The lowest BCUT2D eigenvalue weighted by molar-refractivity contribution is -0.145. The van der Waals surface area contributed by atoms with Gasteiger partial charge in [0.1, 0.15) is 0 Å². The molecule has 0 aromatic rings. The Balaban J connectivity index is 2.74. The third-order valence-electron chi connectivity index (χ3n) is 2.41. The van der Waals surface area contributed by atoms with Gasteiger partial charge in [-0.05, 0) is 18.3 Å². The molecule has 2 heteroatoms. The van der Waals surface area contributed by atoms with Crippen LogP contribution in [0.4, 0.5) is 0 Å². The fraction of sp³-hybridized carbons (Fsp3) is 0.667. The Labute approximate surface area is 66.9 Å². The summed E-state index contributed by atoms with van der Waals surface area (Å²) < 4.78 is 0. The normalized spacial score (nSPS) is 37.1. The topological polar surface area (TPSA) is 37.3 Å². The number of carbonyl (C=O) groups is 1. The molecular weight excluding hydrogens is 140 g/mol. The van der Waals surface area contributed by atoms with Crippen LogP contribution in [0.1, 0.15) is 20.3 Å². The molecule has 62 valence electrons. The standard InChI is InChI=1S/C9H14O2/c1-6-4-3-5-7(2)8(6)9(10)11/h3-4,6-8H,5H2,1-2H3,(H,10,11)/t6-,7-,8-/m1/s1. The minimum atomic E-state index is -0.658. The molecule has 0 radical (unpaired) electrons. The third-order valence-corrected chi connectivity index (χ3v) is 2.41. The molecule has 1 N–H and O–H groups in total. The Morgan fingerprint density at radius 3 is 2.55 bits per heavy atom. The van der Waals surface area contributed by atoms with E-state index in [1.54, 1.807) is 0 Å². The van der Waals surface area contributed by atoms with Gasteiger partial charge in [0, 0.05) is 0 Å². The van der Waals surface area contributed by atoms with Crippen LogP contribution in [0, 0.1) is 17.8 Å². The second-order valence-electron chi connectivity index (χ2n) is 3.36. The second kappa shape index (κ2) is 3.07. The first-order chi connectivity index (χ1) is 5.13. The average Bonchev–Trinajstić information content (AvgIpc) is 1.85. The second-order valence-corrected chi connectivity index (χ2v) is 3.36. The Hall–Kier alpha value is -0.790. The summed E-state index contributed by atoms with van der Waals surface area (Å²) in [6.07, 6.45) is 4.98. The van der Waals surface area contributed by atoms with Crippen LogP contribution in [0.5, 0.6) is 0 Å². The van der Waals surface area contributed by atoms with Crippen molar-refractivity contribution in [2.45, 2.75) is 20.3 Å². The van der Waals surface area contributed by atoms with Gasteiger partial charge in [0.25, 0.3) is 0 Å². The van der Waals surface area contributed by atoms with Crippen molar-refractivity contribution < 1.29 is 9.90 Å². The van der Waals surface area contributed by atoms with Gasteiger partial charge in [-0.1, -0.05) is 26.0 Å². The summed E-state index contributed by atoms with van der Waals surface area (Å²) >= 11 is 0. The van der Waals surface area contributed by atoms with Gasteiger partial charge in [0.2, 0.25) is 0 Å². The zero-order valence-corrected chi connectivity index (χ0v) is 6.95. The van der Waals surface area contributed by atoms with Gasteiger partial charge in [0.05, 0.1) is 5.92 Å². The number of hydrogen-bond acceptors (Lipinski definition) is 1. The molecule has 0 spiro atoms. The van der Waals surface area contributed by atoms with E-state index in [-0.39, 0.29) is 17.8 Å². The highest BCUT2D eigenvalue weighted by atomic mass is 16.4. The van der Waals surface area contributed by atoms with Crippen molar-refractivity contribution in [2.75, 3.05) is 0 Å². The molecule has 0 bridgehead atoms. The van der Waals surface area contributed by atoms with Gasteiger partial charge >= 0.3 is 5.97 Å². The van der Waals surface area contributed by atoms with Crippen molar-refractivity contribution in [3.63, 3.8) is 0 Å². The molecule has 11 heavy (non-hydrogen) atoms. The molecule has 3 atom stereocenters. The van der Waals surface area contributed by atoms with E-state index >= 15 is 0 Å². The van der Waals surface area contributed by atoms with E-state index in [0.717, 1.165) is 6.42 Å². The van der Waals surface area contributed by atoms with Crippen LogP contribution in [0.2, 0.25) is 0 Å². The Bertz CT molecular complexity index is 184. The van der Waals surface area contributed by atoms with Gasteiger partial charge in [-0.3, -0.25) is 4.79 Å². The number of carboxylic acids is 1. The van der Waals surface area contributed by atoms with E-state index in [1.807, 2.05) is 19.9 Å². The monoisotopic (exact) mass is 154 g/mol. The van der Waals surface area contributed by atoms with Gasteiger partial charge in [0.15, 0.2) is 0 Å². The van der Waals surface area contributed by atoms with Gasteiger partial charge < -0.3 is 5.11 Å². The summed E-state index contributed by atoms with van der Waals surface area (Å²) in [5, 5.41) is 8.85. The SMILES string of the molecule is C[C@@H]1C=CC[C@@H](C)[C@@H]1C(=O)O. The first kappa shape index (κ1) is 8.31. The van der Waals surface area contributed by atoms with Crippen molar-refractivity contribution in [1.82, 2.24) is 0 Å². The maximum atomic E-state index is 10.7. The van der Waals surface area contributed by atoms with Crippen LogP contribution in [0.3, 0.4) is 0 Å². The summed E-state index contributed by atoms with van der Waals surface area (Å²) in [6, 6.07) is 0. The Morgan fingerprint density at radius 1 is 1.55 bits per heavy atom. The summed E-state index contributed by atoms with van der Waals surface area (Å²) in [5.41, 5.74) is 0. The van der Waals surface area contributed by atoms with E-state index in [2.05, 4.69) is 6.08 Å². The van der Waals surface area contributed by atoms with Crippen molar-refractivity contribution in [2.24, 2.45) is 17.8 Å². The predicted octanol–water partition coefficient (Wildman–Crippen LogP) is 1.92. The smallest absolute Gasteiger partial charge is 0.307 e. The molecule has 0 aromatic heterocycles. The van der Waals surface area contributed by atoms with Crippen molar-refractivity contribution in [3.8, 4) is 0 Å². The summed E-state index contributed by atoms with van der Waals surface area (Å²) in [5.74, 6) is -0.363. The molecule has 0 unspecified atom stereocenters. The number of hydrogen-bond donors (Lipinski definition) is 1. The number of allylic oxidation sites excluding steroid dienone is 2. The number of aliphatic carboxylic acids is 1. The van der Waals surface area contributed by atoms with Gasteiger partial charge in [-0.15, -0.1) is 0 Å². The van der Waals surface area contributed by atoms with Crippen LogP contribution in [-0.2, 0) is 4.79 Å². The highest BCUT2D eigenvalue weighted by Crippen LogP contribution is 2.29. The maximum Gasteiger partial charge on any atom is 0.307 e. The molecule has 0 heterocycles. The summed E-state index contributed by atoms with van der Waals surface area (Å²) in [4.78, 5) is 10.7. The molecule has 0 saturated carbocycles. The number of carboxylic acid groups (broad SMARTS) is 1. The predicted molar refractivity (Wildman–Crippen MR) is 43.2 cm³/mol. The average molecular weight is 154 g/mol. The molecule has 1 aliphatic carbocycles. The molecule has 1 aliphatic rings. The molecule has 0 fully saturated rings. The van der Waals surface area contributed by atoms with Crippen LogP contribution >= 0.6 is 0 Å². The highest BCUT2D eigenvalue weighted by molar-refractivity contribution is 5.71. The summed E-state index contributed by atoms with van der Waals surface area (Å²) in [7, 11) is 0. The van der Waals surface area contributed by atoms with E-state index < -0.39 is 5.97 Å². The largest absolute Gasteiger partial charge is 0.481 e. The fourth-order valence-electron chi connectivity index (χ4n) is 1.76. The van der Waals surface area contributed by atoms with Gasteiger partial charge in [-0.2, -0.15) is 0 Å². The van der Waals surface area contributed by atoms with Crippen molar-refractivity contribution >= 4 is 5.97 Å². The first-order valence-corrected chi connectivity index (χ1v) is 4.02. The third kappa shape index (κ3) is 1.62. The van der Waals surface area contributed by atoms with E-state index in [9.17, 15) is 4.79 Å². The lowest BCUT2D eigenvalue weighted by atomic mass is 9.78. The Kier molecular flexibility index (Phi) is 2.32. The van der Waals surface area contributed by atoms with Crippen molar-refractivity contribution in [1.29, 1.82) is 0 Å². The van der Waals surface area contributed by atoms with E-state index in [0.29, 0.717) is 0 Å². The minimum Gasteiger partial charge on any atom is -0.481 e. The molecule has 0 aliphatic heterocycles. The van der Waals surface area contributed by atoms with Crippen molar-refractivity contribution in [3.05, 3.63) is 12.2 Å². The van der Waals surface area contributed by atoms with Crippen LogP contribution in [0.25, 0.3) is 0 Å². The molecule has 1 rings (SSSR count). The zero-order valence-electron chi connectivity index (χ0n) is 6.95. The maximum absolute atomic E-state index is 10.7. The van der Waals surface area contributed by atoms with Crippen LogP contribution in [-0.4, -0.2) is 11.1 Å². The van der Waals surface area contributed by atoms with E-state index in [4.69, 9.17) is 5.11 Å². The first-order valence-electron chi connectivity index (χ1n) is 4.02. The summed E-state index contributed by atoms with van der Waals surface area (Å²) in [6.45, 7) is 3.96. The Morgan fingerprint density at radius 2 is 2.18 bits per heavy atom. The molecule has 0 saturated heterocycles. The van der Waals surface area contributed by atoms with Crippen LogP contribution in [0.15, 0.2) is 12.2 Å². The quantitative estimate of drug-likeness (QED) is 0.586. The molecular formula is C9H14O2. The highest BCUT2D eigenvalue weighted by Gasteiger charge is 2.30. The van der Waals surface area contributed by atoms with Crippen LogP contribution < -0.4 is 0 Å². The fourth-order valence-corrected chi connectivity index (χ4v) is 1.76. The lowest BCUT2D eigenvalue weighted by Gasteiger charge is -2.26. The van der Waals surface area contributed by atoms with E-state index in [1.165, 1.54) is 0 Å². The molecule has 0 aromatic carbocycles.